The zero-order valence-electron chi connectivity index (χ0n) is 17.7. The molecule has 0 amide bonds. The molecule has 8 heteroatoms. The lowest BCUT2D eigenvalue weighted by Gasteiger charge is -2.16. The number of anilines is 1. The highest BCUT2D eigenvalue weighted by Crippen LogP contribution is 2.43. The van der Waals surface area contributed by atoms with Crippen molar-refractivity contribution in [3.63, 3.8) is 0 Å². The second-order valence-electron chi connectivity index (χ2n) is 6.62. The van der Waals surface area contributed by atoms with Crippen LogP contribution in [0.15, 0.2) is 48.8 Å². The normalized spacial score (nSPS) is 10.7. The quantitative estimate of drug-likeness (QED) is 0.502. The molecule has 8 nitrogen and oxygen atoms in total. The predicted octanol–water partition coefficient (Wildman–Crippen LogP) is 3.98. The zero-order valence-corrected chi connectivity index (χ0v) is 17.7. The fourth-order valence-corrected chi connectivity index (χ4v) is 3.55. The SMILES string of the molecule is COc1ccc(OC)c(-c2cc(-c3cccc(OC)c3OC)c3c(N)ncnc3n2)c1. The molecular weight excluding hydrogens is 396 g/mol. The molecule has 0 radical (unpaired) electrons. The summed E-state index contributed by atoms with van der Waals surface area (Å²) < 4.78 is 22.1. The zero-order chi connectivity index (χ0) is 22.0. The number of nitrogens with zero attached hydrogens (tertiary/aromatic N) is 3. The first kappa shape index (κ1) is 20.2. The van der Waals surface area contributed by atoms with Crippen LogP contribution < -0.4 is 24.7 Å². The third-order valence-corrected chi connectivity index (χ3v) is 5.01. The third kappa shape index (κ3) is 3.52. The molecule has 2 aromatic carbocycles. The van der Waals surface area contributed by atoms with Crippen LogP contribution in [0.3, 0.4) is 0 Å². The molecular formula is C23H22N4O4. The first-order chi connectivity index (χ1) is 15.1. The van der Waals surface area contributed by atoms with Gasteiger partial charge in [0.2, 0.25) is 0 Å². The maximum absolute atomic E-state index is 6.24. The maximum atomic E-state index is 6.24. The predicted molar refractivity (Wildman–Crippen MR) is 119 cm³/mol. The van der Waals surface area contributed by atoms with Crippen molar-refractivity contribution in [3.05, 3.63) is 48.8 Å². The molecule has 4 rings (SSSR count). The van der Waals surface area contributed by atoms with E-state index < -0.39 is 0 Å². The summed E-state index contributed by atoms with van der Waals surface area (Å²) >= 11 is 0. The van der Waals surface area contributed by atoms with E-state index in [-0.39, 0.29) is 0 Å². The van der Waals surface area contributed by atoms with Gasteiger partial charge in [0.1, 0.15) is 23.6 Å². The molecule has 0 spiro atoms. The highest BCUT2D eigenvalue weighted by molar-refractivity contribution is 6.02. The molecule has 2 N–H and O–H groups in total. The Bertz CT molecular complexity index is 1260. The van der Waals surface area contributed by atoms with E-state index in [0.717, 1.165) is 16.7 Å². The number of nitrogens with two attached hydrogens (primary N) is 1. The third-order valence-electron chi connectivity index (χ3n) is 5.01. The number of hydrogen-bond acceptors (Lipinski definition) is 8. The Kier molecular flexibility index (Phi) is 5.44. The van der Waals surface area contributed by atoms with E-state index in [2.05, 4.69) is 9.97 Å². The molecule has 2 heterocycles. The van der Waals surface area contributed by atoms with Gasteiger partial charge in [0.05, 0.1) is 39.5 Å². The average molecular weight is 418 g/mol. The largest absolute Gasteiger partial charge is 0.497 e. The van der Waals surface area contributed by atoms with Gasteiger partial charge in [-0.2, -0.15) is 0 Å². The van der Waals surface area contributed by atoms with Gasteiger partial charge >= 0.3 is 0 Å². The highest BCUT2D eigenvalue weighted by Gasteiger charge is 2.20. The van der Waals surface area contributed by atoms with E-state index in [1.54, 1.807) is 28.4 Å². The van der Waals surface area contributed by atoms with E-state index in [1.165, 1.54) is 6.33 Å². The number of rotatable bonds is 6. The summed E-state index contributed by atoms with van der Waals surface area (Å²) in [4.78, 5) is 13.3. The van der Waals surface area contributed by atoms with Crippen molar-refractivity contribution in [1.82, 2.24) is 15.0 Å². The minimum atomic E-state index is 0.321. The van der Waals surface area contributed by atoms with Crippen molar-refractivity contribution in [2.75, 3.05) is 34.2 Å². The van der Waals surface area contributed by atoms with E-state index in [1.807, 2.05) is 42.5 Å². The minimum absolute atomic E-state index is 0.321. The summed E-state index contributed by atoms with van der Waals surface area (Å²) in [6.07, 6.45) is 1.39. The molecule has 0 atom stereocenters. The summed E-state index contributed by atoms with van der Waals surface area (Å²) in [5.41, 5.74) is 9.63. The second kappa shape index (κ2) is 8.35. The van der Waals surface area contributed by atoms with Crippen LogP contribution in [0.25, 0.3) is 33.4 Å². The van der Waals surface area contributed by atoms with Crippen molar-refractivity contribution >= 4 is 16.9 Å². The number of benzene rings is 2. The van der Waals surface area contributed by atoms with Gasteiger partial charge in [-0.1, -0.05) is 12.1 Å². The Balaban J connectivity index is 2.08. The molecule has 0 aliphatic heterocycles. The molecule has 2 aromatic heterocycles. The van der Waals surface area contributed by atoms with Crippen LogP contribution in [0.5, 0.6) is 23.0 Å². The fourth-order valence-electron chi connectivity index (χ4n) is 3.55. The van der Waals surface area contributed by atoms with Gasteiger partial charge in [-0.3, -0.25) is 0 Å². The molecule has 0 unspecified atom stereocenters. The first-order valence-corrected chi connectivity index (χ1v) is 9.46. The summed E-state index contributed by atoms with van der Waals surface area (Å²) in [6, 6.07) is 13.1. The lowest BCUT2D eigenvalue weighted by atomic mass is 9.98. The van der Waals surface area contributed by atoms with Gasteiger partial charge in [0.25, 0.3) is 0 Å². The smallest absolute Gasteiger partial charge is 0.168 e. The number of aromatic nitrogens is 3. The molecule has 31 heavy (non-hydrogen) atoms. The molecule has 4 aromatic rings. The standard InChI is InChI=1S/C23H22N4O4/c1-28-13-8-9-18(29-2)16(10-13)17-11-15(20-22(24)25-12-26-23(20)27-17)14-6-5-7-19(30-3)21(14)31-4/h5-12H,1-4H3,(H2,24,25,26,27). The topological polar surface area (TPSA) is 102 Å². The number of hydrogen-bond donors (Lipinski definition) is 1. The molecule has 158 valence electrons. The van der Waals surface area contributed by atoms with E-state index in [4.69, 9.17) is 29.7 Å². The first-order valence-electron chi connectivity index (χ1n) is 9.46. The Morgan fingerprint density at radius 2 is 1.55 bits per heavy atom. The fraction of sp³-hybridized carbons (Fsp3) is 0.174. The van der Waals surface area contributed by atoms with Gasteiger partial charge in [-0.25, -0.2) is 15.0 Å². The molecule has 0 saturated heterocycles. The van der Waals surface area contributed by atoms with Gasteiger partial charge in [-0.05, 0) is 30.3 Å². The van der Waals surface area contributed by atoms with E-state index in [9.17, 15) is 0 Å². The molecule has 0 aliphatic rings. The van der Waals surface area contributed by atoms with Crippen LogP contribution >= 0.6 is 0 Å². The lowest BCUT2D eigenvalue weighted by molar-refractivity contribution is 0.356. The van der Waals surface area contributed by atoms with Crippen molar-refractivity contribution in [2.24, 2.45) is 0 Å². The van der Waals surface area contributed by atoms with Gasteiger partial charge in [0, 0.05) is 16.7 Å². The molecule has 0 aliphatic carbocycles. The van der Waals surface area contributed by atoms with Crippen LogP contribution in [-0.2, 0) is 0 Å². The molecule has 0 bridgehead atoms. The Morgan fingerprint density at radius 1 is 0.742 bits per heavy atom. The average Bonchev–Trinajstić information content (AvgIpc) is 2.82. The molecule has 0 fully saturated rings. The minimum Gasteiger partial charge on any atom is -0.497 e. The summed E-state index contributed by atoms with van der Waals surface area (Å²) in [7, 11) is 6.41. The number of nitrogen functional groups attached to an aromatic ring is 1. The van der Waals surface area contributed by atoms with Crippen molar-refractivity contribution in [3.8, 4) is 45.4 Å². The van der Waals surface area contributed by atoms with Crippen LogP contribution in [0.2, 0.25) is 0 Å². The Morgan fingerprint density at radius 3 is 2.26 bits per heavy atom. The van der Waals surface area contributed by atoms with Crippen molar-refractivity contribution < 1.29 is 18.9 Å². The van der Waals surface area contributed by atoms with Crippen LogP contribution in [0.4, 0.5) is 5.82 Å². The van der Waals surface area contributed by atoms with E-state index >= 15 is 0 Å². The highest BCUT2D eigenvalue weighted by atomic mass is 16.5. The molecule has 0 saturated carbocycles. The summed E-state index contributed by atoms with van der Waals surface area (Å²) in [5.74, 6) is 2.82. The van der Waals surface area contributed by atoms with Crippen molar-refractivity contribution in [2.45, 2.75) is 0 Å². The summed E-state index contributed by atoms with van der Waals surface area (Å²) in [5, 5.41) is 0.625. The van der Waals surface area contributed by atoms with Crippen LogP contribution in [-0.4, -0.2) is 43.4 Å². The van der Waals surface area contributed by atoms with Crippen LogP contribution in [0, 0.1) is 0 Å². The monoisotopic (exact) mass is 418 g/mol. The number of para-hydroxylation sites is 1. The number of ether oxygens (including phenoxy) is 4. The number of pyridine rings is 1. The Labute approximate surface area is 179 Å². The van der Waals surface area contributed by atoms with Gasteiger partial charge in [0.15, 0.2) is 17.1 Å². The van der Waals surface area contributed by atoms with Gasteiger partial charge in [-0.15, -0.1) is 0 Å². The Hall–Kier alpha value is -4.07. The second-order valence-corrected chi connectivity index (χ2v) is 6.62. The lowest BCUT2D eigenvalue weighted by Crippen LogP contribution is -2.01. The van der Waals surface area contributed by atoms with Crippen LogP contribution in [0.1, 0.15) is 0 Å². The maximum Gasteiger partial charge on any atom is 0.168 e. The number of fused-ring (bicyclic) bond motifs is 1. The van der Waals surface area contributed by atoms with Gasteiger partial charge < -0.3 is 24.7 Å². The number of methoxy groups -OCH3 is 4. The van der Waals surface area contributed by atoms with E-state index in [0.29, 0.717) is 45.5 Å². The summed E-state index contributed by atoms with van der Waals surface area (Å²) in [6.45, 7) is 0. The van der Waals surface area contributed by atoms with Crippen molar-refractivity contribution in [1.29, 1.82) is 0 Å².